The van der Waals surface area contributed by atoms with Crippen LogP contribution in [0, 0.1) is 5.92 Å². The molecule has 5 heteroatoms. The second-order valence-corrected chi connectivity index (χ2v) is 5.87. The molecule has 0 bridgehead atoms. The summed E-state index contributed by atoms with van der Waals surface area (Å²) < 4.78 is 4.88. The highest BCUT2D eigenvalue weighted by Gasteiger charge is 2.04. The van der Waals surface area contributed by atoms with Crippen LogP contribution in [0.2, 0.25) is 0 Å². The van der Waals surface area contributed by atoms with Gasteiger partial charge in [-0.1, -0.05) is 26.7 Å². The molecule has 0 heterocycles. The Morgan fingerprint density at radius 2 is 1.50 bits per heavy atom. The summed E-state index contributed by atoms with van der Waals surface area (Å²) in [5.74, 6) is 0.131. The van der Waals surface area contributed by atoms with Crippen LogP contribution in [0.4, 0.5) is 0 Å². The second-order valence-electron chi connectivity index (χ2n) is 5.87. The molecule has 0 fully saturated rings. The summed E-state index contributed by atoms with van der Waals surface area (Å²) in [6.45, 7) is 8.94. The van der Waals surface area contributed by atoms with Crippen LogP contribution in [-0.4, -0.2) is 38.1 Å². The molecule has 0 aliphatic carbocycles. The molecular formula is C17H34N2O3. The number of rotatable bonds is 14. The highest BCUT2D eigenvalue weighted by atomic mass is 16.5. The highest BCUT2D eigenvalue weighted by molar-refractivity contribution is 5.77. The summed E-state index contributed by atoms with van der Waals surface area (Å²) in [6.07, 6.45) is 6.93. The summed E-state index contributed by atoms with van der Waals surface area (Å²) in [5, 5.41) is 6.34. The van der Waals surface area contributed by atoms with Crippen LogP contribution in [0.15, 0.2) is 0 Å². The van der Waals surface area contributed by atoms with Crippen molar-refractivity contribution < 1.29 is 14.3 Å². The summed E-state index contributed by atoms with van der Waals surface area (Å²) in [5.41, 5.74) is 0. The number of amides is 1. The van der Waals surface area contributed by atoms with Crippen molar-refractivity contribution in [2.45, 2.75) is 65.7 Å². The molecule has 1 amide bonds. The van der Waals surface area contributed by atoms with E-state index in [4.69, 9.17) is 4.74 Å². The van der Waals surface area contributed by atoms with Crippen LogP contribution in [0.3, 0.4) is 0 Å². The maximum absolute atomic E-state index is 11.3. The fourth-order valence-electron chi connectivity index (χ4n) is 2.02. The second kappa shape index (κ2) is 14.8. The molecule has 0 unspecified atom stereocenters. The first-order chi connectivity index (χ1) is 10.6. The zero-order valence-electron chi connectivity index (χ0n) is 14.6. The number of nitrogens with one attached hydrogen (secondary N) is 2. The minimum Gasteiger partial charge on any atom is -0.466 e. The first-order valence-electron chi connectivity index (χ1n) is 8.72. The zero-order chi connectivity index (χ0) is 16.6. The lowest BCUT2D eigenvalue weighted by molar-refractivity contribution is -0.143. The molecule has 0 aromatic carbocycles. The minimum absolute atomic E-state index is 0.0745. The Morgan fingerprint density at radius 1 is 0.909 bits per heavy atom. The van der Waals surface area contributed by atoms with Gasteiger partial charge in [-0.15, -0.1) is 0 Å². The summed E-state index contributed by atoms with van der Waals surface area (Å²) in [4.78, 5) is 22.4. The number of esters is 1. The highest BCUT2D eigenvalue weighted by Crippen LogP contribution is 2.01. The van der Waals surface area contributed by atoms with Crippen LogP contribution < -0.4 is 10.6 Å². The molecule has 0 aromatic heterocycles. The van der Waals surface area contributed by atoms with Gasteiger partial charge >= 0.3 is 5.97 Å². The molecule has 5 nitrogen and oxygen atoms in total. The molecule has 0 spiro atoms. The van der Waals surface area contributed by atoms with Crippen LogP contribution >= 0.6 is 0 Å². The van der Waals surface area contributed by atoms with Crippen molar-refractivity contribution in [1.29, 1.82) is 0 Å². The van der Waals surface area contributed by atoms with E-state index in [1.54, 1.807) is 0 Å². The molecule has 0 aliphatic heterocycles. The quantitative estimate of drug-likeness (QED) is 0.382. The average molecular weight is 314 g/mol. The van der Waals surface area contributed by atoms with Crippen molar-refractivity contribution in [1.82, 2.24) is 10.6 Å². The van der Waals surface area contributed by atoms with Gasteiger partial charge < -0.3 is 15.4 Å². The molecule has 130 valence electrons. The van der Waals surface area contributed by atoms with E-state index >= 15 is 0 Å². The molecule has 2 N–H and O–H groups in total. The molecule has 0 rings (SSSR count). The van der Waals surface area contributed by atoms with Gasteiger partial charge in [0.15, 0.2) is 0 Å². The Kier molecular flexibility index (Phi) is 14.1. The van der Waals surface area contributed by atoms with Crippen molar-refractivity contribution in [3.05, 3.63) is 0 Å². The average Bonchev–Trinajstić information content (AvgIpc) is 2.48. The maximum atomic E-state index is 11.3. The van der Waals surface area contributed by atoms with Gasteiger partial charge in [-0.05, 0) is 45.7 Å². The minimum atomic E-state index is -0.0833. The van der Waals surface area contributed by atoms with Gasteiger partial charge in [0.1, 0.15) is 0 Å². The maximum Gasteiger partial charge on any atom is 0.305 e. The number of hydrogen-bond acceptors (Lipinski definition) is 4. The SMILES string of the molecule is CCOC(=O)CCCCCNCCCCCNC(=O)C(C)C. The predicted octanol–water partition coefficient (Wildman–Crippen LogP) is 2.64. The molecule has 22 heavy (non-hydrogen) atoms. The fraction of sp³-hybridized carbons (Fsp3) is 0.882. The standard InChI is InChI=1S/C17H34N2O3/c1-4-22-16(20)11-7-5-8-12-18-13-9-6-10-14-19-17(21)15(2)3/h15,18H,4-14H2,1-3H3,(H,19,21). The molecule has 0 aliphatic rings. The largest absolute Gasteiger partial charge is 0.466 e. The number of carbonyl (C=O) groups is 2. The third-order valence-electron chi connectivity index (χ3n) is 3.39. The number of carbonyl (C=O) groups excluding carboxylic acids is 2. The van der Waals surface area contributed by atoms with Crippen molar-refractivity contribution in [3.63, 3.8) is 0 Å². The predicted molar refractivity (Wildman–Crippen MR) is 89.7 cm³/mol. The lowest BCUT2D eigenvalue weighted by atomic mass is 10.2. The Morgan fingerprint density at radius 3 is 2.09 bits per heavy atom. The number of ether oxygens (including phenoxy) is 1. The van der Waals surface area contributed by atoms with Gasteiger partial charge in [0.2, 0.25) is 5.91 Å². The molecule has 0 saturated carbocycles. The van der Waals surface area contributed by atoms with Crippen molar-refractivity contribution in [3.8, 4) is 0 Å². The van der Waals surface area contributed by atoms with E-state index in [1.807, 2.05) is 20.8 Å². The normalized spacial score (nSPS) is 10.7. The van der Waals surface area contributed by atoms with E-state index in [0.29, 0.717) is 13.0 Å². The van der Waals surface area contributed by atoms with E-state index < -0.39 is 0 Å². The van der Waals surface area contributed by atoms with Crippen LogP contribution in [0.25, 0.3) is 0 Å². The molecule has 0 saturated heterocycles. The van der Waals surface area contributed by atoms with Crippen molar-refractivity contribution >= 4 is 11.9 Å². The summed E-state index contributed by atoms with van der Waals surface area (Å²) >= 11 is 0. The smallest absolute Gasteiger partial charge is 0.305 e. The number of unbranched alkanes of at least 4 members (excludes halogenated alkanes) is 4. The van der Waals surface area contributed by atoms with E-state index in [1.165, 1.54) is 0 Å². The van der Waals surface area contributed by atoms with Crippen molar-refractivity contribution in [2.75, 3.05) is 26.2 Å². The Bertz CT molecular complexity index is 294. The van der Waals surface area contributed by atoms with Gasteiger partial charge in [-0.3, -0.25) is 9.59 Å². The topological polar surface area (TPSA) is 67.4 Å². The van der Waals surface area contributed by atoms with Crippen molar-refractivity contribution in [2.24, 2.45) is 5.92 Å². The third kappa shape index (κ3) is 13.9. The van der Waals surface area contributed by atoms with Gasteiger partial charge in [0, 0.05) is 18.9 Å². The summed E-state index contributed by atoms with van der Waals surface area (Å²) in [7, 11) is 0. The molecule has 0 aromatic rings. The van der Waals surface area contributed by atoms with Crippen LogP contribution in [-0.2, 0) is 14.3 Å². The fourth-order valence-corrected chi connectivity index (χ4v) is 2.02. The van der Waals surface area contributed by atoms with Gasteiger partial charge in [0.25, 0.3) is 0 Å². The Hall–Kier alpha value is -1.10. The Labute approximate surface area is 135 Å². The lowest BCUT2D eigenvalue weighted by Gasteiger charge is -2.08. The molecule has 0 radical (unpaired) electrons. The Balaban J connectivity index is 3.15. The van der Waals surface area contributed by atoms with E-state index in [9.17, 15) is 9.59 Å². The molecular weight excluding hydrogens is 280 g/mol. The van der Waals surface area contributed by atoms with E-state index in [-0.39, 0.29) is 17.8 Å². The monoisotopic (exact) mass is 314 g/mol. The van der Waals surface area contributed by atoms with E-state index in [2.05, 4.69) is 10.6 Å². The van der Waals surface area contributed by atoms with Gasteiger partial charge in [0.05, 0.1) is 6.61 Å². The van der Waals surface area contributed by atoms with Crippen LogP contribution in [0.1, 0.15) is 65.7 Å². The van der Waals surface area contributed by atoms with Gasteiger partial charge in [-0.2, -0.15) is 0 Å². The third-order valence-corrected chi connectivity index (χ3v) is 3.39. The number of hydrogen-bond donors (Lipinski definition) is 2. The van der Waals surface area contributed by atoms with Gasteiger partial charge in [-0.25, -0.2) is 0 Å². The molecule has 0 atom stereocenters. The van der Waals surface area contributed by atoms with Crippen LogP contribution in [0.5, 0.6) is 0 Å². The zero-order valence-corrected chi connectivity index (χ0v) is 14.6. The summed E-state index contributed by atoms with van der Waals surface area (Å²) in [6, 6.07) is 0. The first kappa shape index (κ1) is 20.9. The van der Waals surface area contributed by atoms with E-state index in [0.717, 1.165) is 58.2 Å². The first-order valence-corrected chi connectivity index (χ1v) is 8.72. The lowest BCUT2D eigenvalue weighted by Crippen LogP contribution is -2.28.